The van der Waals surface area contributed by atoms with Crippen LogP contribution in [0.1, 0.15) is 24.2 Å². The van der Waals surface area contributed by atoms with Gasteiger partial charge in [-0.05, 0) is 12.0 Å². The normalized spacial score (nSPS) is 13.5. The smallest absolute Gasteiger partial charge is 0.243 e. The molecule has 0 bridgehead atoms. The van der Waals surface area contributed by atoms with Crippen molar-refractivity contribution in [3.8, 4) is 0 Å². The standard InChI is InChI=1S/C11H13N3O2S/c1-2-10(9-6-4-3-5-7-9)17(15,16)11-12-8-13-14-11/h3-8,10H,2H2,1H3,(H,12,13,14). The number of hydrogen-bond acceptors (Lipinski definition) is 4. The van der Waals surface area contributed by atoms with E-state index in [1.54, 1.807) is 0 Å². The molecule has 90 valence electrons. The summed E-state index contributed by atoms with van der Waals surface area (Å²) in [6.45, 7) is 1.84. The van der Waals surface area contributed by atoms with E-state index in [1.165, 1.54) is 6.33 Å². The average Bonchev–Trinajstić information content (AvgIpc) is 2.85. The molecule has 0 aliphatic heterocycles. The Morgan fingerprint density at radius 1 is 1.29 bits per heavy atom. The van der Waals surface area contributed by atoms with Gasteiger partial charge in [0.15, 0.2) is 0 Å². The third-order valence-corrected chi connectivity index (χ3v) is 4.67. The minimum atomic E-state index is -3.49. The van der Waals surface area contributed by atoms with Crippen molar-refractivity contribution in [1.82, 2.24) is 15.2 Å². The van der Waals surface area contributed by atoms with Crippen molar-refractivity contribution in [1.29, 1.82) is 0 Å². The molecule has 0 spiro atoms. The maximum absolute atomic E-state index is 12.3. The van der Waals surface area contributed by atoms with E-state index in [0.29, 0.717) is 6.42 Å². The summed E-state index contributed by atoms with van der Waals surface area (Å²) in [6.07, 6.45) is 1.69. The SMILES string of the molecule is CCC(c1ccccc1)S(=O)(=O)c1ncn[nH]1. The van der Waals surface area contributed by atoms with Gasteiger partial charge in [0, 0.05) is 0 Å². The Morgan fingerprint density at radius 3 is 2.53 bits per heavy atom. The molecular formula is C11H13N3O2S. The van der Waals surface area contributed by atoms with E-state index in [2.05, 4.69) is 15.2 Å². The molecule has 0 aliphatic rings. The zero-order valence-electron chi connectivity index (χ0n) is 9.37. The van der Waals surface area contributed by atoms with E-state index in [1.807, 2.05) is 37.3 Å². The average molecular weight is 251 g/mol. The summed E-state index contributed by atoms with van der Waals surface area (Å²) < 4.78 is 24.6. The molecule has 0 amide bonds. The number of nitrogens with zero attached hydrogens (tertiary/aromatic N) is 2. The number of aromatic nitrogens is 3. The highest BCUT2D eigenvalue weighted by Gasteiger charge is 2.29. The van der Waals surface area contributed by atoms with Crippen LogP contribution < -0.4 is 0 Å². The third kappa shape index (κ3) is 2.21. The lowest BCUT2D eigenvalue weighted by Gasteiger charge is -2.13. The van der Waals surface area contributed by atoms with Crippen LogP contribution >= 0.6 is 0 Å². The highest BCUT2D eigenvalue weighted by molar-refractivity contribution is 7.91. The molecule has 1 unspecified atom stereocenters. The van der Waals surface area contributed by atoms with Gasteiger partial charge >= 0.3 is 0 Å². The topological polar surface area (TPSA) is 75.7 Å². The van der Waals surface area contributed by atoms with Crippen molar-refractivity contribution in [2.75, 3.05) is 0 Å². The monoisotopic (exact) mass is 251 g/mol. The molecule has 1 N–H and O–H groups in total. The van der Waals surface area contributed by atoms with Gasteiger partial charge in [-0.15, -0.1) is 0 Å². The van der Waals surface area contributed by atoms with Crippen LogP contribution in [0.25, 0.3) is 0 Å². The van der Waals surface area contributed by atoms with Crippen molar-refractivity contribution >= 4 is 9.84 Å². The summed E-state index contributed by atoms with van der Waals surface area (Å²) in [7, 11) is -3.49. The van der Waals surface area contributed by atoms with E-state index in [-0.39, 0.29) is 5.16 Å². The Balaban J connectivity index is 2.44. The molecule has 1 aromatic carbocycles. The first-order valence-electron chi connectivity index (χ1n) is 5.30. The van der Waals surface area contributed by atoms with Crippen molar-refractivity contribution in [2.45, 2.75) is 23.8 Å². The summed E-state index contributed by atoms with van der Waals surface area (Å²) in [6, 6.07) is 9.13. The van der Waals surface area contributed by atoms with Crippen molar-refractivity contribution in [3.63, 3.8) is 0 Å². The summed E-state index contributed by atoms with van der Waals surface area (Å²) in [4.78, 5) is 3.73. The molecule has 0 aliphatic carbocycles. The number of H-pyrrole nitrogens is 1. The van der Waals surface area contributed by atoms with Gasteiger partial charge in [-0.2, -0.15) is 5.10 Å². The van der Waals surface area contributed by atoms with Crippen molar-refractivity contribution in [2.24, 2.45) is 0 Å². The van der Waals surface area contributed by atoms with Crippen molar-refractivity contribution < 1.29 is 8.42 Å². The number of nitrogens with one attached hydrogen (secondary N) is 1. The fourth-order valence-electron chi connectivity index (χ4n) is 1.77. The number of rotatable bonds is 4. The Morgan fingerprint density at radius 2 is 2.00 bits per heavy atom. The Bertz CT molecular complexity index is 564. The lowest BCUT2D eigenvalue weighted by molar-refractivity contribution is 0.570. The minimum Gasteiger partial charge on any atom is -0.250 e. The maximum atomic E-state index is 12.3. The van der Waals surface area contributed by atoms with E-state index >= 15 is 0 Å². The second kappa shape index (κ2) is 4.67. The first-order chi connectivity index (χ1) is 8.16. The maximum Gasteiger partial charge on any atom is 0.243 e. The van der Waals surface area contributed by atoms with Crippen LogP contribution in [0.3, 0.4) is 0 Å². The van der Waals surface area contributed by atoms with E-state index < -0.39 is 15.1 Å². The molecule has 2 aromatic rings. The van der Waals surface area contributed by atoms with Crippen molar-refractivity contribution in [3.05, 3.63) is 42.2 Å². The minimum absolute atomic E-state index is 0.0757. The van der Waals surface area contributed by atoms with Crippen LogP contribution in [0.2, 0.25) is 0 Å². The van der Waals surface area contributed by atoms with Crippen LogP contribution in [0.15, 0.2) is 41.8 Å². The predicted molar refractivity (Wildman–Crippen MR) is 63.0 cm³/mol. The highest BCUT2D eigenvalue weighted by atomic mass is 32.2. The number of sulfone groups is 1. The molecule has 2 rings (SSSR count). The molecule has 1 aromatic heterocycles. The summed E-state index contributed by atoms with van der Waals surface area (Å²) in [5.41, 5.74) is 0.770. The third-order valence-electron chi connectivity index (χ3n) is 2.58. The molecule has 1 heterocycles. The molecule has 6 heteroatoms. The largest absolute Gasteiger partial charge is 0.250 e. The zero-order chi connectivity index (χ0) is 12.3. The van der Waals surface area contributed by atoms with Gasteiger partial charge in [0.25, 0.3) is 0 Å². The predicted octanol–water partition coefficient (Wildman–Crippen LogP) is 1.73. The van der Waals surface area contributed by atoms with Crippen LogP contribution in [0.4, 0.5) is 0 Å². The van der Waals surface area contributed by atoms with Gasteiger partial charge in [0.1, 0.15) is 6.33 Å². The van der Waals surface area contributed by atoms with Crippen LogP contribution in [0, 0.1) is 0 Å². The zero-order valence-corrected chi connectivity index (χ0v) is 10.2. The fraction of sp³-hybridized carbons (Fsp3) is 0.273. The Labute approximate surface area is 99.8 Å². The Hall–Kier alpha value is -1.69. The summed E-state index contributed by atoms with van der Waals surface area (Å²) in [5.74, 6) is 0. The second-order valence-corrected chi connectivity index (χ2v) is 5.69. The van der Waals surface area contributed by atoms with Gasteiger partial charge in [-0.3, -0.25) is 5.10 Å². The highest BCUT2D eigenvalue weighted by Crippen LogP contribution is 2.29. The van der Waals surface area contributed by atoms with Gasteiger partial charge in [0.2, 0.25) is 15.0 Å². The number of hydrogen-bond donors (Lipinski definition) is 1. The summed E-state index contributed by atoms with van der Waals surface area (Å²) >= 11 is 0. The molecule has 0 saturated carbocycles. The molecule has 1 atom stereocenters. The first kappa shape index (κ1) is 11.8. The molecule has 5 nitrogen and oxygen atoms in total. The molecular weight excluding hydrogens is 238 g/mol. The van der Waals surface area contributed by atoms with E-state index in [9.17, 15) is 8.42 Å². The van der Waals surface area contributed by atoms with Crippen LogP contribution in [-0.2, 0) is 9.84 Å². The van der Waals surface area contributed by atoms with Crippen LogP contribution in [0.5, 0.6) is 0 Å². The number of benzene rings is 1. The van der Waals surface area contributed by atoms with E-state index in [4.69, 9.17) is 0 Å². The quantitative estimate of drug-likeness (QED) is 0.897. The van der Waals surface area contributed by atoms with Gasteiger partial charge in [-0.1, -0.05) is 37.3 Å². The lowest BCUT2D eigenvalue weighted by atomic mass is 10.1. The summed E-state index contributed by atoms with van der Waals surface area (Å²) in [5, 5.41) is 5.33. The van der Waals surface area contributed by atoms with Gasteiger partial charge < -0.3 is 0 Å². The second-order valence-electron chi connectivity index (χ2n) is 3.64. The van der Waals surface area contributed by atoms with Crippen LogP contribution in [-0.4, -0.2) is 23.6 Å². The molecule has 0 saturated heterocycles. The van der Waals surface area contributed by atoms with Gasteiger partial charge in [-0.25, -0.2) is 13.4 Å². The molecule has 17 heavy (non-hydrogen) atoms. The van der Waals surface area contributed by atoms with Gasteiger partial charge in [0.05, 0.1) is 5.25 Å². The van der Waals surface area contributed by atoms with E-state index in [0.717, 1.165) is 5.56 Å². The number of aromatic amines is 1. The lowest BCUT2D eigenvalue weighted by Crippen LogP contribution is -2.14. The fourth-order valence-corrected chi connectivity index (χ4v) is 3.37. The molecule has 0 radical (unpaired) electrons. The first-order valence-corrected chi connectivity index (χ1v) is 6.85. The Kier molecular flexibility index (Phi) is 3.23. The molecule has 0 fully saturated rings.